The number of carbonyl (C=O) groups excluding carboxylic acids is 1. The van der Waals surface area contributed by atoms with E-state index in [9.17, 15) is 18.0 Å². The molecule has 0 saturated carbocycles. The average Bonchev–Trinajstić information content (AvgIpc) is 2.66. The van der Waals surface area contributed by atoms with Gasteiger partial charge in [-0.1, -0.05) is 23.7 Å². The molecule has 1 aliphatic heterocycles. The SMILES string of the molecule is O=C(/C=C/c1cccc(Cl)c1)N1CCN(c2ncccc2C(F)(F)F)CC1. The number of aromatic nitrogens is 1. The molecule has 1 aliphatic rings. The van der Waals surface area contributed by atoms with E-state index in [4.69, 9.17) is 11.6 Å². The highest BCUT2D eigenvalue weighted by molar-refractivity contribution is 6.30. The molecule has 0 bridgehead atoms. The highest BCUT2D eigenvalue weighted by Gasteiger charge is 2.36. The van der Waals surface area contributed by atoms with Crippen LogP contribution in [-0.4, -0.2) is 42.0 Å². The summed E-state index contributed by atoms with van der Waals surface area (Å²) in [5.41, 5.74) is 0.0448. The average molecular weight is 396 g/mol. The van der Waals surface area contributed by atoms with E-state index in [0.717, 1.165) is 11.6 Å². The molecule has 0 spiro atoms. The lowest BCUT2D eigenvalue weighted by Gasteiger charge is -2.35. The number of rotatable bonds is 3. The number of amides is 1. The van der Waals surface area contributed by atoms with Crippen LogP contribution in [0.5, 0.6) is 0 Å². The van der Waals surface area contributed by atoms with E-state index < -0.39 is 11.7 Å². The van der Waals surface area contributed by atoms with Gasteiger partial charge in [-0.2, -0.15) is 13.2 Å². The van der Waals surface area contributed by atoms with Gasteiger partial charge in [0.1, 0.15) is 5.82 Å². The zero-order chi connectivity index (χ0) is 19.4. The van der Waals surface area contributed by atoms with Crippen molar-refractivity contribution < 1.29 is 18.0 Å². The minimum Gasteiger partial charge on any atom is -0.353 e. The molecular formula is C19H17ClF3N3O. The number of halogens is 4. The predicted molar refractivity (Wildman–Crippen MR) is 98.5 cm³/mol. The van der Waals surface area contributed by atoms with E-state index in [1.54, 1.807) is 34.1 Å². The molecule has 142 valence electrons. The van der Waals surface area contributed by atoms with Gasteiger partial charge >= 0.3 is 6.18 Å². The molecule has 2 heterocycles. The number of benzene rings is 1. The van der Waals surface area contributed by atoms with E-state index in [1.165, 1.54) is 18.3 Å². The molecule has 0 radical (unpaired) electrons. The van der Waals surface area contributed by atoms with Crippen LogP contribution in [0.25, 0.3) is 6.08 Å². The lowest BCUT2D eigenvalue weighted by Crippen LogP contribution is -2.49. The molecular weight excluding hydrogens is 379 g/mol. The molecule has 0 N–H and O–H groups in total. The van der Waals surface area contributed by atoms with Crippen molar-refractivity contribution in [1.82, 2.24) is 9.88 Å². The Morgan fingerprint density at radius 3 is 2.52 bits per heavy atom. The summed E-state index contributed by atoms with van der Waals surface area (Å²) >= 11 is 5.91. The molecule has 1 aromatic carbocycles. The van der Waals surface area contributed by atoms with Crippen molar-refractivity contribution in [3.05, 3.63) is 64.8 Å². The van der Waals surface area contributed by atoms with Crippen LogP contribution in [0.2, 0.25) is 5.02 Å². The van der Waals surface area contributed by atoms with Crippen molar-refractivity contribution in [1.29, 1.82) is 0 Å². The molecule has 2 aromatic rings. The highest BCUT2D eigenvalue weighted by Crippen LogP contribution is 2.35. The van der Waals surface area contributed by atoms with Crippen molar-refractivity contribution in [3.8, 4) is 0 Å². The Bertz CT molecular complexity index is 846. The van der Waals surface area contributed by atoms with Gasteiger partial charge in [-0.05, 0) is 35.9 Å². The van der Waals surface area contributed by atoms with Gasteiger partial charge in [0.25, 0.3) is 0 Å². The van der Waals surface area contributed by atoms with E-state index in [0.29, 0.717) is 18.1 Å². The summed E-state index contributed by atoms with van der Waals surface area (Å²) in [5, 5.41) is 0.578. The fourth-order valence-corrected chi connectivity index (χ4v) is 3.09. The maximum atomic E-state index is 13.1. The van der Waals surface area contributed by atoms with Gasteiger partial charge in [0, 0.05) is 43.5 Å². The summed E-state index contributed by atoms with van der Waals surface area (Å²) in [6, 6.07) is 9.39. The number of hydrogen-bond acceptors (Lipinski definition) is 3. The number of pyridine rings is 1. The molecule has 3 rings (SSSR count). The van der Waals surface area contributed by atoms with Gasteiger partial charge < -0.3 is 9.80 Å². The van der Waals surface area contributed by atoms with Gasteiger partial charge in [0.05, 0.1) is 5.56 Å². The number of hydrogen-bond donors (Lipinski definition) is 0. The molecule has 0 unspecified atom stereocenters. The van der Waals surface area contributed by atoms with Crippen molar-refractivity contribution in [3.63, 3.8) is 0 Å². The second kappa shape index (κ2) is 8.00. The normalized spacial score (nSPS) is 15.4. The Labute approximate surface area is 159 Å². The number of alkyl halides is 3. The fourth-order valence-electron chi connectivity index (χ4n) is 2.89. The number of nitrogens with zero attached hydrogens (tertiary/aromatic N) is 3. The van der Waals surface area contributed by atoms with Gasteiger partial charge in [-0.15, -0.1) is 0 Å². The summed E-state index contributed by atoms with van der Waals surface area (Å²) in [6.45, 7) is 1.23. The van der Waals surface area contributed by atoms with E-state index in [2.05, 4.69) is 4.98 Å². The molecule has 0 aliphatic carbocycles. The third-order valence-electron chi connectivity index (χ3n) is 4.25. The molecule has 27 heavy (non-hydrogen) atoms. The summed E-state index contributed by atoms with van der Waals surface area (Å²) in [6.07, 6.45) is -0.00357. The molecule has 1 aromatic heterocycles. The number of carbonyl (C=O) groups is 1. The smallest absolute Gasteiger partial charge is 0.353 e. The zero-order valence-corrected chi connectivity index (χ0v) is 15.0. The third-order valence-corrected chi connectivity index (χ3v) is 4.49. The quantitative estimate of drug-likeness (QED) is 0.734. The highest BCUT2D eigenvalue weighted by atomic mass is 35.5. The molecule has 1 amide bonds. The van der Waals surface area contributed by atoms with Gasteiger partial charge in [-0.25, -0.2) is 4.98 Å². The first-order valence-electron chi connectivity index (χ1n) is 8.34. The van der Waals surface area contributed by atoms with Crippen molar-refractivity contribution >= 4 is 29.4 Å². The molecule has 1 fully saturated rings. The standard InChI is InChI=1S/C19H17ClF3N3O/c20-15-4-1-3-14(13-15)6-7-17(27)25-9-11-26(12-10-25)18-16(19(21,22)23)5-2-8-24-18/h1-8,13H,9-12H2/b7-6+. The Balaban J connectivity index is 1.63. The zero-order valence-electron chi connectivity index (χ0n) is 14.3. The molecule has 4 nitrogen and oxygen atoms in total. The summed E-state index contributed by atoms with van der Waals surface area (Å²) in [4.78, 5) is 19.4. The Morgan fingerprint density at radius 1 is 1.11 bits per heavy atom. The first-order chi connectivity index (χ1) is 12.8. The van der Waals surface area contributed by atoms with Crippen LogP contribution in [0.4, 0.5) is 19.0 Å². The first kappa shape index (κ1) is 19.2. The Morgan fingerprint density at radius 2 is 1.85 bits per heavy atom. The van der Waals surface area contributed by atoms with Gasteiger partial charge in [0.15, 0.2) is 0 Å². The number of piperazine rings is 1. The maximum Gasteiger partial charge on any atom is 0.419 e. The second-order valence-electron chi connectivity index (χ2n) is 6.07. The maximum absolute atomic E-state index is 13.1. The second-order valence-corrected chi connectivity index (χ2v) is 6.51. The van der Waals surface area contributed by atoms with Crippen LogP contribution in [0.1, 0.15) is 11.1 Å². The Kier molecular flexibility index (Phi) is 5.70. The van der Waals surface area contributed by atoms with Crippen molar-refractivity contribution in [2.75, 3.05) is 31.1 Å². The monoisotopic (exact) mass is 395 g/mol. The largest absolute Gasteiger partial charge is 0.419 e. The lowest BCUT2D eigenvalue weighted by atomic mass is 10.2. The molecule has 8 heteroatoms. The van der Waals surface area contributed by atoms with Crippen molar-refractivity contribution in [2.24, 2.45) is 0 Å². The minimum atomic E-state index is -4.46. The van der Waals surface area contributed by atoms with Gasteiger partial charge in [0.2, 0.25) is 5.91 Å². The third kappa shape index (κ3) is 4.80. The number of anilines is 1. The molecule has 0 atom stereocenters. The fraction of sp³-hybridized carbons (Fsp3) is 0.263. The van der Waals surface area contributed by atoms with Crippen LogP contribution >= 0.6 is 11.6 Å². The van der Waals surface area contributed by atoms with E-state index in [1.807, 2.05) is 6.07 Å². The summed E-state index contributed by atoms with van der Waals surface area (Å²) in [5.74, 6) is -0.279. The van der Waals surface area contributed by atoms with Crippen LogP contribution < -0.4 is 4.90 Å². The summed E-state index contributed by atoms with van der Waals surface area (Å²) < 4.78 is 39.4. The lowest BCUT2D eigenvalue weighted by molar-refractivity contribution is -0.137. The van der Waals surface area contributed by atoms with E-state index in [-0.39, 0.29) is 24.8 Å². The van der Waals surface area contributed by atoms with Crippen LogP contribution in [0.15, 0.2) is 48.7 Å². The topological polar surface area (TPSA) is 36.4 Å². The minimum absolute atomic E-state index is 0.0911. The van der Waals surface area contributed by atoms with E-state index >= 15 is 0 Å². The predicted octanol–water partition coefficient (Wildman–Crippen LogP) is 4.12. The van der Waals surface area contributed by atoms with Crippen LogP contribution in [0.3, 0.4) is 0 Å². The van der Waals surface area contributed by atoms with Crippen molar-refractivity contribution in [2.45, 2.75) is 6.18 Å². The van der Waals surface area contributed by atoms with Crippen LogP contribution in [-0.2, 0) is 11.0 Å². The first-order valence-corrected chi connectivity index (χ1v) is 8.72. The molecule has 1 saturated heterocycles. The Hall–Kier alpha value is -2.54. The van der Waals surface area contributed by atoms with Crippen LogP contribution in [0, 0.1) is 0 Å². The summed E-state index contributed by atoms with van der Waals surface area (Å²) in [7, 11) is 0. The van der Waals surface area contributed by atoms with Gasteiger partial charge in [-0.3, -0.25) is 4.79 Å².